The summed E-state index contributed by atoms with van der Waals surface area (Å²) >= 11 is 0. The Kier molecular flexibility index (Phi) is 10.0. The van der Waals surface area contributed by atoms with E-state index in [1.807, 2.05) is 58.2 Å². The normalized spacial score (nSPS) is 20.0. The van der Waals surface area contributed by atoms with Crippen molar-refractivity contribution in [2.45, 2.75) is 89.7 Å². The van der Waals surface area contributed by atoms with Crippen LogP contribution in [0.1, 0.15) is 91.4 Å². The average Bonchev–Trinajstić information content (AvgIpc) is 3.11. The fourth-order valence-electron chi connectivity index (χ4n) is 7.45. The lowest BCUT2D eigenvalue weighted by Crippen LogP contribution is -2.38. The highest BCUT2D eigenvalue weighted by Crippen LogP contribution is 2.39. The Hall–Kier alpha value is -5.16. The summed E-state index contributed by atoms with van der Waals surface area (Å²) < 4.78 is 37.3. The van der Waals surface area contributed by atoms with Crippen molar-refractivity contribution in [3.8, 4) is 17.1 Å². The van der Waals surface area contributed by atoms with E-state index in [1.54, 1.807) is 30.6 Å². The maximum atomic E-state index is 14.8. The minimum atomic E-state index is -4.21. The molecule has 0 saturated heterocycles. The molecule has 1 saturated carbocycles. The van der Waals surface area contributed by atoms with Gasteiger partial charge < -0.3 is 9.64 Å². The van der Waals surface area contributed by atoms with E-state index in [1.165, 1.54) is 18.6 Å². The molecule has 3 atom stereocenters. The van der Waals surface area contributed by atoms with E-state index in [-0.39, 0.29) is 39.9 Å². The number of nitrogens with zero attached hydrogens (tertiary/aromatic N) is 5. The molecule has 1 aliphatic carbocycles. The summed E-state index contributed by atoms with van der Waals surface area (Å²) in [5.41, 5.74) is 6.20. The third-order valence-electron chi connectivity index (χ3n) is 11.0. The zero-order chi connectivity index (χ0) is 38.4. The molecule has 11 heteroatoms. The third kappa shape index (κ3) is 7.59. The third-order valence-corrected chi connectivity index (χ3v) is 12.3. The largest absolute Gasteiger partial charge is 0.469 e. The molecular formula is C43H48N6O4S. The molecule has 3 aromatic carbocycles. The quantitative estimate of drug-likeness (QED) is 0.182. The average molecular weight is 745 g/mol. The van der Waals surface area contributed by atoms with Gasteiger partial charge in [-0.3, -0.25) is 9.78 Å². The number of sulfonamides is 1. The van der Waals surface area contributed by atoms with Crippen LogP contribution in [-0.2, 0) is 21.9 Å². The number of carbonyl (C=O) groups is 1. The maximum absolute atomic E-state index is 14.8. The van der Waals surface area contributed by atoms with Gasteiger partial charge in [0.25, 0.3) is 10.0 Å². The minimum Gasteiger partial charge on any atom is -0.469 e. The first-order valence-electron chi connectivity index (χ1n) is 18.6. The van der Waals surface area contributed by atoms with E-state index in [2.05, 4.69) is 52.5 Å². The van der Waals surface area contributed by atoms with Crippen LogP contribution >= 0.6 is 0 Å². The highest BCUT2D eigenvalue weighted by molar-refractivity contribution is 7.92. The molecule has 1 aliphatic heterocycles. The van der Waals surface area contributed by atoms with Crippen LogP contribution in [0.3, 0.4) is 0 Å². The molecule has 2 aromatic heterocycles. The summed E-state index contributed by atoms with van der Waals surface area (Å²) in [6, 6.07) is 22.6. The second-order valence-electron chi connectivity index (χ2n) is 15.8. The Labute approximate surface area is 318 Å². The van der Waals surface area contributed by atoms with Crippen LogP contribution in [-0.4, -0.2) is 47.2 Å². The highest BCUT2D eigenvalue weighted by atomic mass is 32.2. The molecule has 280 valence electrons. The smallest absolute Gasteiger partial charge is 0.264 e. The van der Waals surface area contributed by atoms with Crippen molar-refractivity contribution in [1.29, 1.82) is 0 Å². The van der Waals surface area contributed by atoms with Crippen molar-refractivity contribution in [3.05, 3.63) is 119 Å². The maximum Gasteiger partial charge on any atom is 0.264 e. The van der Waals surface area contributed by atoms with E-state index >= 15 is 0 Å². The number of nitrogens with one attached hydrogen (secondary N) is 1. The van der Waals surface area contributed by atoms with Gasteiger partial charge in [-0.15, -0.1) is 0 Å². The first-order chi connectivity index (χ1) is 25.7. The van der Waals surface area contributed by atoms with E-state index < -0.39 is 28.0 Å². The van der Waals surface area contributed by atoms with Gasteiger partial charge in [0.15, 0.2) is 5.78 Å². The van der Waals surface area contributed by atoms with Crippen LogP contribution in [0.5, 0.6) is 5.88 Å². The van der Waals surface area contributed by atoms with Crippen LogP contribution in [0, 0.1) is 25.7 Å². The number of Topliss-reactive ketones (excluding diaryl/α,β-unsaturated/α-hetero) is 1. The predicted molar refractivity (Wildman–Crippen MR) is 211 cm³/mol. The second kappa shape index (κ2) is 14.6. The number of hydrogen-bond acceptors (Lipinski definition) is 9. The van der Waals surface area contributed by atoms with E-state index in [4.69, 9.17) is 14.7 Å². The van der Waals surface area contributed by atoms with E-state index in [0.717, 1.165) is 46.5 Å². The minimum absolute atomic E-state index is 0.0687. The van der Waals surface area contributed by atoms with Crippen molar-refractivity contribution < 1.29 is 17.9 Å². The number of anilines is 2. The topological polar surface area (TPSA) is 127 Å². The summed E-state index contributed by atoms with van der Waals surface area (Å²) in [4.78, 5) is 35.8. The molecule has 4 bridgehead atoms. The Morgan fingerprint density at radius 3 is 2.28 bits per heavy atom. The van der Waals surface area contributed by atoms with Gasteiger partial charge in [0.2, 0.25) is 11.8 Å². The molecule has 1 fully saturated rings. The summed E-state index contributed by atoms with van der Waals surface area (Å²) in [5.74, 6) is -0.523. The molecular weight excluding hydrogens is 697 g/mol. The number of ether oxygens (including phenoxy) is 1. The van der Waals surface area contributed by atoms with Gasteiger partial charge in [0, 0.05) is 54.7 Å². The number of hydrogen-bond donors (Lipinski definition) is 1. The monoisotopic (exact) mass is 744 g/mol. The van der Waals surface area contributed by atoms with Crippen LogP contribution in [0.25, 0.3) is 11.3 Å². The number of aryl methyl sites for hydroxylation is 2. The number of benzene rings is 3. The first kappa shape index (κ1) is 37.2. The highest BCUT2D eigenvalue weighted by Gasteiger charge is 2.36. The lowest BCUT2D eigenvalue weighted by molar-refractivity contribution is 0.0690. The van der Waals surface area contributed by atoms with Crippen molar-refractivity contribution in [2.75, 3.05) is 16.7 Å². The Bertz CT molecular complexity index is 2280. The number of ketones is 1. The number of rotatable bonds is 6. The zero-order valence-electron chi connectivity index (χ0n) is 32.0. The summed E-state index contributed by atoms with van der Waals surface area (Å²) in [6.07, 6.45) is 6.48. The standard InChI is InChI=1S/C43H48N6O4S/c1-26-11-8-12-27(2)39(26)36-23-38-47-42(46-36)48-54(51,52)34-16-9-13-30(21-34)40(50)35(22-32-24-44-25-37(45-32)49(7)33-14-10-15-33)28(3)41(53-38)29-17-19-31(20-18-29)43(4,5)6/h8-9,11-13,16-21,23-25,28,33,35,41H,10,14-15,22H2,1-7H3,(H,46,47,48)/t28-,35?,41-/m0/s1. The molecule has 1 unspecified atom stereocenters. The molecule has 0 radical (unpaired) electrons. The molecule has 7 rings (SSSR count). The summed E-state index contributed by atoms with van der Waals surface area (Å²) in [7, 11) is -2.17. The first-order valence-corrected chi connectivity index (χ1v) is 20.1. The molecule has 3 heterocycles. The Balaban J connectivity index is 1.40. The summed E-state index contributed by atoms with van der Waals surface area (Å²) in [6.45, 7) is 12.5. The van der Waals surface area contributed by atoms with Crippen LogP contribution in [0.4, 0.5) is 11.8 Å². The van der Waals surface area contributed by atoms with Gasteiger partial charge in [-0.05, 0) is 72.9 Å². The molecule has 0 amide bonds. The molecule has 0 spiro atoms. The van der Waals surface area contributed by atoms with Crippen molar-refractivity contribution >= 4 is 27.6 Å². The lowest BCUT2D eigenvalue weighted by Gasteiger charge is -2.35. The summed E-state index contributed by atoms with van der Waals surface area (Å²) in [5, 5.41) is 0. The number of aromatic nitrogens is 4. The number of fused-ring (bicyclic) bond motifs is 4. The van der Waals surface area contributed by atoms with Crippen LogP contribution in [0.2, 0.25) is 0 Å². The lowest BCUT2D eigenvalue weighted by atomic mass is 9.78. The van der Waals surface area contributed by atoms with Gasteiger partial charge in [-0.2, -0.15) is 4.98 Å². The van der Waals surface area contributed by atoms with Gasteiger partial charge in [0.1, 0.15) is 11.9 Å². The zero-order valence-corrected chi connectivity index (χ0v) is 32.8. The predicted octanol–water partition coefficient (Wildman–Crippen LogP) is 8.45. The van der Waals surface area contributed by atoms with E-state index in [9.17, 15) is 13.2 Å². The van der Waals surface area contributed by atoms with Crippen molar-refractivity contribution in [3.63, 3.8) is 0 Å². The van der Waals surface area contributed by atoms with Gasteiger partial charge in [0.05, 0.1) is 22.5 Å². The molecule has 5 aromatic rings. The Morgan fingerprint density at radius 2 is 1.61 bits per heavy atom. The SMILES string of the molecule is Cc1cccc(C)c1-c1cc2nc(n1)NS(=O)(=O)c1cccc(c1)C(=O)C(Cc1cncc(N(C)C3CCC3)n1)[C@H](C)[C@@H](c1ccc(C(C)(C)C)cc1)O2. The molecule has 54 heavy (non-hydrogen) atoms. The van der Waals surface area contributed by atoms with Gasteiger partial charge >= 0.3 is 0 Å². The van der Waals surface area contributed by atoms with Gasteiger partial charge in [-0.1, -0.05) is 82.3 Å². The van der Waals surface area contributed by atoms with Crippen LogP contribution < -0.4 is 14.4 Å². The second-order valence-corrected chi connectivity index (χ2v) is 17.5. The molecule has 1 N–H and O–H groups in total. The number of carbonyl (C=O) groups excluding carboxylic acids is 1. The van der Waals surface area contributed by atoms with Crippen LogP contribution in [0.15, 0.2) is 90.1 Å². The molecule has 2 aliphatic rings. The van der Waals surface area contributed by atoms with Crippen molar-refractivity contribution in [1.82, 2.24) is 19.9 Å². The molecule has 10 nitrogen and oxygen atoms in total. The van der Waals surface area contributed by atoms with Crippen molar-refractivity contribution in [2.24, 2.45) is 11.8 Å². The van der Waals surface area contributed by atoms with E-state index in [0.29, 0.717) is 17.4 Å². The van der Waals surface area contributed by atoms with Gasteiger partial charge in [-0.25, -0.2) is 23.1 Å². The fraction of sp³-hybridized carbons (Fsp3) is 0.372. The fourth-order valence-corrected chi connectivity index (χ4v) is 8.44. The Morgan fingerprint density at radius 1 is 0.907 bits per heavy atom.